The number of ether oxygens (including phenoxy) is 5. The smallest absolute Gasteiger partial charge is 0.302 e. The summed E-state index contributed by atoms with van der Waals surface area (Å²) in [5.41, 5.74) is 1.04. The minimum absolute atomic E-state index is 0.0336. The summed E-state index contributed by atoms with van der Waals surface area (Å²) < 4.78 is 29.2. The Balaban J connectivity index is 1.23. The fourth-order valence-corrected chi connectivity index (χ4v) is 11.5. The molecule has 6 aliphatic rings. The van der Waals surface area contributed by atoms with Crippen LogP contribution in [-0.2, 0) is 33.3 Å². The van der Waals surface area contributed by atoms with Crippen LogP contribution in [0.25, 0.3) is 0 Å². The SMILES string of the molecule is CC(=O)OC[C@H]1O[C@@H](O[C@@H]2[C@@H](O)[C@H](O[C@H]3C[C@H]4[C@@H]5CCC6=CC(=O)CC[C@]6(C)[C@H]5CC[C@]4(C)[C@H]3[C@H](C)[C@H](O)CC[C@H](C)CO)OC[C@H]2O)[C@H](O)[C@@H](O)[C@@H]1O. The second-order valence-corrected chi connectivity index (χ2v) is 17.9. The Morgan fingerprint density at radius 1 is 0.944 bits per heavy atom. The lowest BCUT2D eigenvalue weighted by atomic mass is 9.46. The maximum atomic E-state index is 12.4. The highest BCUT2D eigenvalue weighted by molar-refractivity contribution is 5.91. The third-order valence-electron chi connectivity index (χ3n) is 14.6. The molecule has 0 unspecified atom stereocenters. The number of allylic oxidation sites excluding steroid dienone is 1. The maximum absolute atomic E-state index is 12.4. The van der Waals surface area contributed by atoms with Gasteiger partial charge in [0.05, 0.1) is 18.8 Å². The third-order valence-corrected chi connectivity index (χ3v) is 14.6. The molecule has 3 saturated carbocycles. The van der Waals surface area contributed by atoms with Gasteiger partial charge in [-0.15, -0.1) is 0 Å². The number of fused-ring (bicyclic) bond motifs is 5. The zero-order valence-electron chi connectivity index (χ0n) is 32.4. The van der Waals surface area contributed by atoms with Gasteiger partial charge in [-0.3, -0.25) is 9.59 Å². The lowest BCUT2D eigenvalue weighted by Gasteiger charge is -2.58. The highest BCUT2D eigenvalue weighted by Crippen LogP contribution is 2.68. The highest BCUT2D eigenvalue weighted by Gasteiger charge is 2.63. The first-order valence-electron chi connectivity index (χ1n) is 20.1. The van der Waals surface area contributed by atoms with E-state index < -0.39 is 80.1 Å². The van der Waals surface area contributed by atoms with Crippen LogP contribution >= 0.6 is 0 Å². The van der Waals surface area contributed by atoms with Gasteiger partial charge in [-0.25, -0.2) is 0 Å². The summed E-state index contributed by atoms with van der Waals surface area (Å²) in [5, 5.41) is 75.6. The Morgan fingerprint density at radius 2 is 1.69 bits per heavy atom. The third kappa shape index (κ3) is 7.96. The van der Waals surface area contributed by atoms with Crippen molar-refractivity contribution in [3.05, 3.63) is 11.6 Å². The molecule has 0 aromatic heterocycles. The maximum Gasteiger partial charge on any atom is 0.302 e. The van der Waals surface area contributed by atoms with E-state index in [9.17, 15) is 45.3 Å². The van der Waals surface area contributed by atoms with Gasteiger partial charge in [0, 0.05) is 20.0 Å². The summed E-state index contributed by atoms with van der Waals surface area (Å²) in [7, 11) is 0. The monoisotopic (exact) mass is 768 g/mol. The number of hydrogen-bond acceptors (Lipinski definition) is 14. The second-order valence-electron chi connectivity index (χ2n) is 17.9. The number of aliphatic hydroxyl groups is 7. The van der Waals surface area contributed by atoms with E-state index in [2.05, 4.69) is 20.8 Å². The van der Waals surface area contributed by atoms with Gasteiger partial charge in [0.1, 0.15) is 49.3 Å². The first-order valence-corrected chi connectivity index (χ1v) is 20.1. The number of rotatable bonds is 12. The van der Waals surface area contributed by atoms with Crippen LogP contribution in [-0.4, -0.2) is 135 Å². The van der Waals surface area contributed by atoms with E-state index in [1.165, 1.54) is 12.5 Å². The molecule has 0 radical (unpaired) electrons. The van der Waals surface area contributed by atoms with Gasteiger partial charge in [-0.1, -0.05) is 33.3 Å². The molecule has 6 rings (SSSR count). The first kappa shape index (κ1) is 42.1. The summed E-state index contributed by atoms with van der Waals surface area (Å²) >= 11 is 0. The van der Waals surface area contributed by atoms with Crippen molar-refractivity contribution < 1.29 is 69.0 Å². The number of aliphatic hydroxyl groups excluding tert-OH is 7. The molecule has 0 amide bonds. The minimum atomic E-state index is -1.75. The molecule has 2 heterocycles. The zero-order valence-corrected chi connectivity index (χ0v) is 32.4. The number of esters is 1. The van der Waals surface area contributed by atoms with E-state index in [4.69, 9.17) is 23.7 Å². The van der Waals surface area contributed by atoms with Crippen LogP contribution in [0.15, 0.2) is 11.6 Å². The topological polar surface area (TPSA) is 222 Å². The molecule has 0 aromatic rings. The molecule has 14 nitrogen and oxygen atoms in total. The lowest BCUT2D eigenvalue weighted by Crippen LogP contribution is -2.63. The predicted octanol–water partition coefficient (Wildman–Crippen LogP) is 1.37. The van der Waals surface area contributed by atoms with Crippen molar-refractivity contribution in [2.45, 2.75) is 160 Å². The molecule has 2 aliphatic heterocycles. The van der Waals surface area contributed by atoms with E-state index >= 15 is 0 Å². The van der Waals surface area contributed by atoms with Crippen molar-refractivity contribution in [3.8, 4) is 0 Å². The zero-order chi connectivity index (χ0) is 39.3. The van der Waals surface area contributed by atoms with Crippen molar-refractivity contribution in [1.82, 2.24) is 0 Å². The number of ketones is 1. The molecule has 4 aliphatic carbocycles. The van der Waals surface area contributed by atoms with E-state index in [1.807, 2.05) is 13.0 Å². The second kappa shape index (κ2) is 16.7. The van der Waals surface area contributed by atoms with Gasteiger partial charge in [0.25, 0.3) is 0 Å². The molecular weight excluding hydrogens is 704 g/mol. The number of carbonyl (C=O) groups excluding carboxylic acids is 2. The average Bonchev–Trinajstić information content (AvgIpc) is 3.44. The molecule has 54 heavy (non-hydrogen) atoms. The standard InChI is InChI=1S/C40H64O14/c1-19(16-41)6-9-27(44)20(2)31-29(15-26-24-8-7-22-14-23(43)10-12-39(22,4)25(24)11-13-40(26,31)5)52-37-35(49)36(28(45)17-51-37)54-38-34(48)33(47)32(46)30(53-38)18-50-21(3)42/h14,19-20,24-38,41,44-49H,6-13,15-18H2,1-5H3/t19-,20+,24+,25-,26-,27+,28+,29-,30+,31-,32+,33-,34+,35+,36-,37-,38-,39-,40-/m0/s1. The number of carbonyl (C=O) groups is 2. The average molecular weight is 769 g/mol. The van der Waals surface area contributed by atoms with Gasteiger partial charge >= 0.3 is 5.97 Å². The molecule has 5 fully saturated rings. The van der Waals surface area contributed by atoms with Crippen LogP contribution < -0.4 is 0 Å². The Hall–Kier alpha value is -1.56. The largest absolute Gasteiger partial charge is 0.463 e. The molecule has 0 spiro atoms. The first-order chi connectivity index (χ1) is 25.5. The van der Waals surface area contributed by atoms with Gasteiger partial charge in [-0.05, 0) is 104 Å². The predicted molar refractivity (Wildman–Crippen MR) is 191 cm³/mol. The van der Waals surface area contributed by atoms with Crippen molar-refractivity contribution in [2.75, 3.05) is 19.8 Å². The van der Waals surface area contributed by atoms with E-state index in [-0.39, 0.29) is 53.5 Å². The molecule has 7 N–H and O–H groups in total. The summed E-state index contributed by atoms with van der Waals surface area (Å²) in [6.07, 6.45) is -5.63. The van der Waals surface area contributed by atoms with Crippen molar-refractivity contribution >= 4 is 11.8 Å². The normalized spacial score (nSPS) is 46.7. The Bertz CT molecular complexity index is 1360. The van der Waals surface area contributed by atoms with Crippen LogP contribution in [0.3, 0.4) is 0 Å². The fourth-order valence-electron chi connectivity index (χ4n) is 11.5. The Morgan fingerprint density at radius 3 is 2.39 bits per heavy atom. The Kier molecular flexibility index (Phi) is 13.0. The summed E-state index contributed by atoms with van der Waals surface area (Å²) in [5.74, 6) is 0.364. The quantitative estimate of drug-likeness (QED) is 0.140. The molecule has 2 saturated heterocycles. The minimum Gasteiger partial charge on any atom is -0.463 e. The summed E-state index contributed by atoms with van der Waals surface area (Å²) in [6.45, 7) is 9.19. The Labute approximate surface area is 318 Å². The summed E-state index contributed by atoms with van der Waals surface area (Å²) in [6, 6.07) is 0. The molecular formula is C40H64O14. The van der Waals surface area contributed by atoms with E-state index in [1.54, 1.807) is 0 Å². The lowest BCUT2D eigenvalue weighted by molar-refractivity contribution is -0.353. The van der Waals surface area contributed by atoms with Crippen LogP contribution in [0.2, 0.25) is 0 Å². The van der Waals surface area contributed by atoms with E-state index in [0.717, 1.165) is 32.1 Å². The van der Waals surface area contributed by atoms with Crippen LogP contribution in [0.1, 0.15) is 92.4 Å². The molecule has 19 atom stereocenters. The van der Waals surface area contributed by atoms with Crippen molar-refractivity contribution in [2.24, 2.45) is 46.3 Å². The molecule has 0 bridgehead atoms. The van der Waals surface area contributed by atoms with Gasteiger partial charge in [0.15, 0.2) is 18.4 Å². The van der Waals surface area contributed by atoms with Gasteiger partial charge in [-0.2, -0.15) is 0 Å². The van der Waals surface area contributed by atoms with Crippen molar-refractivity contribution in [1.29, 1.82) is 0 Å². The van der Waals surface area contributed by atoms with Crippen LogP contribution in [0.5, 0.6) is 0 Å². The molecule has 14 heteroatoms. The van der Waals surface area contributed by atoms with Crippen LogP contribution in [0, 0.1) is 46.3 Å². The van der Waals surface area contributed by atoms with Gasteiger partial charge < -0.3 is 59.4 Å². The molecule has 308 valence electrons. The van der Waals surface area contributed by atoms with Gasteiger partial charge in [0.2, 0.25) is 0 Å². The molecule has 0 aromatic carbocycles. The fraction of sp³-hybridized carbons (Fsp3) is 0.900. The van der Waals surface area contributed by atoms with Crippen LogP contribution in [0.4, 0.5) is 0 Å². The number of hydrogen-bond donors (Lipinski definition) is 7. The van der Waals surface area contributed by atoms with Crippen molar-refractivity contribution in [3.63, 3.8) is 0 Å². The van der Waals surface area contributed by atoms with E-state index in [0.29, 0.717) is 37.5 Å². The highest BCUT2D eigenvalue weighted by atomic mass is 16.7. The summed E-state index contributed by atoms with van der Waals surface area (Å²) in [4.78, 5) is 23.8.